The van der Waals surface area contributed by atoms with E-state index in [9.17, 15) is 9.59 Å². The molecule has 1 unspecified atom stereocenters. The van der Waals surface area contributed by atoms with Crippen LogP contribution in [0.2, 0.25) is 0 Å². The molecule has 8 heteroatoms. The van der Waals surface area contributed by atoms with Crippen LogP contribution in [0.25, 0.3) is 0 Å². The summed E-state index contributed by atoms with van der Waals surface area (Å²) in [5.41, 5.74) is 0.698. The second-order valence-corrected chi connectivity index (χ2v) is 5.64. The molecule has 1 N–H and O–H groups in total. The summed E-state index contributed by atoms with van der Waals surface area (Å²) in [7, 11) is 0. The predicted molar refractivity (Wildman–Crippen MR) is 82.0 cm³/mol. The Morgan fingerprint density at radius 1 is 1.45 bits per heavy atom. The topological polar surface area (TPSA) is 78.7 Å². The van der Waals surface area contributed by atoms with Gasteiger partial charge in [-0.3, -0.25) is 9.59 Å². The first-order valence-corrected chi connectivity index (χ1v) is 7.38. The number of likely N-dealkylation sites (tertiary alicyclic amines) is 1. The van der Waals surface area contributed by atoms with Crippen LogP contribution in [0.1, 0.15) is 29.1 Å². The summed E-state index contributed by atoms with van der Waals surface area (Å²) in [6, 6.07) is 1.77. The normalized spacial score (nSPS) is 22.4. The summed E-state index contributed by atoms with van der Waals surface area (Å²) in [6.45, 7) is 4.99. The minimum atomic E-state index is -0.136. The van der Waals surface area contributed by atoms with Crippen molar-refractivity contribution < 1.29 is 14.1 Å². The Kier molecular flexibility index (Phi) is 5.42. The van der Waals surface area contributed by atoms with Crippen LogP contribution in [-0.4, -0.2) is 65.5 Å². The molecule has 0 spiro atoms. The highest BCUT2D eigenvalue weighted by Gasteiger charge is 2.32. The van der Waals surface area contributed by atoms with E-state index in [0.717, 1.165) is 19.4 Å². The molecule has 0 aromatic carbocycles. The van der Waals surface area contributed by atoms with Gasteiger partial charge in [0.2, 0.25) is 11.7 Å². The van der Waals surface area contributed by atoms with E-state index < -0.39 is 0 Å². The fourth-order valence-corrected chi connectivity index (χ4v) is 3.02. The van der Waals surface area contributed by atoms with Crippen LogP contribution in [0.15, 0.2) is 10.6 Å². The van der Waals surface area contributed by atoms with Crippen molar-refractivity contribution >= 4 is 24.2 Å². The quantitative estimate of drug-likeness (QED) is 0.852. The summed E-state index contributed by atoms with van der Waals surface area (Å²) >= 11 is 0. The van der Waals surface area contributed by atoms with Crippen molar-refractivity contribution in [1.82, 2.24) is 20.3 Å². The van der Waals surface area contributed by atoms with Gasteiger partial charge in [-0.15, -0.1) is 12.4 Å². The van der Waals surface area contributed by atoms with E-state index >= 15 is 0 Å². The lowest BCUT2D eigenvalue weighted by molar-refractivity contribution is -0.135. The van der Waals surface area contributed by atoms with Crippen molar-refractivity contribution in [2.45, 2.75) is 25.8 Å². The Morgan fingerprint density at radius 3 is 2.95 bits per heavy atom. The number of aromatic nitrogens is 1. The Labute approximate surface area is 135 Å². The molecular formula is C14H21ClN4O3. The molecule has 1 aromatic rings. The van der Waals surface area contributed by atoms with Crippen LogP contribution in [0.5, 0.6) is 0 Å². The van der Waals surface area contributed by atoms with Crippen LogP contribution in [0.4, 0.5) is 0 Å². The number of piperazine rings is 1. The average Bonchev–Trinajstić information content (AvgIpc) is 2.94. The third-order valence-corrected chi connectivity index (χ3v) is 4.09. The standard InChI is InChI=1S/C14H20N4O3.ClH/c1-10-7-12(21-16-10)14(20)17-5-2-3-11(9-17)18-6-4-15-8-13(18)19;/h7,11,15H,2-6,8-9H2,1H3;1H. The van der Waals surface area contributed by atoms with Gasteiger partial charge in [0.15, 0.2) is 0 Å². The highest BCUT2D eigenvalue weighted by molar-refractivity contribution is 5.91. The van der Waals surface area contributed by atoms with Crippen LogP contribution in [0.3, 0.4) is 0 Å². The maximum absolute atomic E-state index is 12.4. The first-order valence-electron chi connectivity index (χ1n) is 7.38. The second-order valence-electron chi connectivity index (χ2n) is 5.64. The van der Waals surface area contributed by atoms with Gasteiger partial charge in [-0.2, -0.15) is 0 Å². The molecule has 7 nitrogen and oxygen atoms in total. The number of nitrogens with zero attached hydrogens (tertiary/aromatic N) is 3. The van der Waals surface area contributed by atoms with Crippen molar-refractivity contribution in [3.05, 3.63) is 17.5 Å². The molecule has 1 aromatic heterocycles. The average molecular weight is 329 g/mol. The summed E-state index contributed by atoms with van der Waals surface area (Å²) in [5, 5.41) is 6.83. The monoisotopic (exact) mass is 328 g/mol. The highest BCUT2D eigenvalue weighted by atomic mass is 35.5. The van der Waals surface area contributed by atoms with Crippen molar-refractivity contribution in [1.29, 1.82) is 0 Å². The van der Waals surface area contributed by atoms with Crippen LogP contribution in [-0.2, 0) is 4.79 Å². The number of amides is 2. The third kappa shape index (κ3) is 3.41. The van der Waals surface area contributed by atoms with Crippen LogP contribution in [0, 0.1) is 6.92 Å². The van der Waals surface area contributed by atoms with Gasteiger partial charge in [0, 0.05) is 38.3 Å². The Morgan fingerprint density at radius 2 is 2.27 bits per heavy atom. The zero-order chi connectivity index (χ0) is 14.8. The zero-order valence-corrected chi connectivity index (χ0v) is 13.4. The number of halogens is 1. The Bertz CT molecular complexity index is 548. The smallest absolute Gasteiger partial charge is 0.292 e. The molecule has 2 saturated heterocycles. The van der Waals surface area contributed by atoms with Gasteiger partial charge < -0.3 is 19.6 Å². The lowest BCUT2D eigenvalue weighted by atomic mass is 10.0. The molecule has 2 fully saturated rings. The van der Waals surface area contributed by atoms with E-state index in [1.165, 1.54) is 0 Å². The molecule has 2 aliphatic rings. The summed E-state index contributed by atoms with van der Waals surface area (Å²) in [4.78, 5) is 28.0. The summed E-state index contributed by atoms with van der Waals surface area (Å²) in [5.74, 6) is 0.263. The van der Waals surface area contributed by atoms with Gasteiger partial charge >= 0.3 is 0 Å². The van der Waals surface area contributed by atoms with E-state index in [0.29, 0.717) is 31.9 Å². The largest absolute Gasteiger partial charge is 0.351 e. The van der Waals surface area contributed by atoms with Crippen LogP contribution >= 0.6 is 12.4 Å². The first kappa shape index (κ1) is 16.8. The van der Waals surface area contributed by atoms with Gasteiger partial charge in [0.25, 0.3) is 5.91 Å². The fourth-order valence-electron chi connectivity index (χ4n) is 3.02. The van der Waals surface area contributed by atoms with Crippen LogP contribution < -0.4 is 5.32 Å². The molecule has 122 valence electrons. The van der Waals surface area contributed by atoms with E-state index in [2.05, 4.69) is 10.5 Å². The molecule has 0 aliphatic carbocycles. The maximum Gasteiger partial charge on any atom is 0.292 e. The molecule has 0 bridgehead atoms. The van der Waals surface area contributed by atoms with E-state index in [1.807, 2.05) is 4.90 Å². The van der Waals surface area contributed by atoms with Gasteiger partial charge in [-0.05, 0) is 19.8 Å². The number of rotatable bonds is 2. The van der Waals surface area contributed by atoms with Gasteiger partial charge in [0.05, 0.1) is 12.2 Å². The molecule has 0 radical (unpaired) electrons. The predicted octanol–water partition coefficient (Wildman–Crippen LogP) is 0.441. The number of hydrogen-bond acceptors (Lipinski definition) is 5. The van der Waals surface area contributed by atoms with E-state index in [-0.39, 0.29) is 36.0 Å². The molecular weight excluding hydrogens is 308 g/mol. The number of carbonyl (C=O) groups excluding carboxylic acids is 2. The molecule has 3 rings (SSSR count). The number of hydrogen-bond donors (Lipinski definition) is 1. The molecule has 22 heavy (non-hydrogen) atoms. The first-order chi connectivity index (χ1) is 10.1. The van der Waals surface area contributed by atoms with Crippen molar-refractivity contribution in [3.63, 3.8) is 0 Å². The molecule has 1 atom stereocenters. The number of aryl methyl sites for hydroxylation is 1. The molecule has 2 amide bonds. The molecule has 3 heterocycles. The minimum absolute atomic E-state index is 0. The Hall–Kier alpha value is -1.60. The highest BCUT2D eigenvalue weighted by Crippen LogP contribution is 2.19. The fraction of sp³-hybridized carbons (Fsp3) is 0.643. The summed E-state index contributed by atoms with van der Waals surface area (Å²) < 4.78 is 5.05. The zero-order valence-electron chi connectivity index (χ0n) is 12.6. The lowest BCUT2D eigenvalue weighted by Gasteiger charge is -2.40. The second kappa shape index (κ2) is 7.11. The number of carbonyl (C=O) groups is 2. The molecule has 0 saturated carbocycles. The van der Waals surface area contributed by atoms with Gasteiger partial charge in [-0.25, -0.2) is 0 Å². The van der Waals surface area contributed by atoms with E-state index in [4.69, 9.17) is 4.52 Å². The lowest BCUT2D eigenvalue weighted by Crippen LogP contribution is -2.57. The van der Waals surface area contributed by atoms with Crippen molar-refractivity contribution in [2.75, 3.05) is 32.7 Å². The number of nitrogens with one attached hydrogen (secondary N) is 1. The maximum atomic E-state index is 12.4. The van der Waals surface area contributed by atoms with Gasteiger partial charge in [-0.1, -0.05) is 5.16 Å². The SMILES string of the molecule is Cc1cc(C(=O)N2CCCC(N3CCNCC3=O)C2)on1.Cl. The third-order valence-electron chi connectivity index (χ3n) is 4.09. The minimum Gasteiger partial charge on any atom is -0.351 e. The van der Waals surface area contributed by atoms with E-state index in [1.54, 1.807) is 17.9 Å². The van der Waals surface area contributed by atoms with Gasteiger partial charge in [0.1, 0.15) is 0 Å². The number of piperidine rings is 1. The Balaban J connectivity index is 0.00000176. The van der Waals surface area contributed by atoms with Crippen molar-refractivity contribution in [3.8, 4) is 0 Å². The van der Waals surface area contributed by atoms with Crippen molar-refractivity contribution in [2.24, 2.45) is 0 Å². The summed E-state index contributed by atoms with van der Waals surface area (Å²) in [6.07, 6.45) is 1.85. The molecule has 2 aliphatic heterocycles.